The highest BCUT2D eigenvalue weighted by molar-refractivity contribution is 5.85. The third kappa shape index (κ3) is 6.10. The van der Waals surface area contributed by atoms with E-state index >= 15 is 0 Å². The molecule has 0 radical (unpaired) electrons. The van der Waals surface area contributed by atoms with Crippen LogP contribution in [0, 0.1) is 0 Å². The molecule has 0 saturated carbocycles. The van der Waals surface area contributed by atoms with Crippen molar-refractivity contribution < 1.29 is 0 Å². The van der Waals surface area contributed by atoms with E-state index in [1.165, 1.54) is 30.5 Å². The second-order valence-electron chi connectivity index (χ2n) is 6.90. The number of nitrogens with one attached hydrogen (secondary N) is 1. The number of halogens is 1. The highest BCUT2D eigenvalue weighted by Crippen LogP contribution is 2.22. The summed E-state index contributed by atoms with van der Waals surface area (Å²) in [6.45, 7) is 6.66. The lowest BCUT2D eigenvalue weighted by atomic mass is 9.98. The Morgan fingerprint density at radius 3 is 2.64 bits per heavy atom. The van der Waals surface area contributed by atoms with Gasteiger partial charge >= 0.3 is 0 Å². The van der Waals surface area contributed by atoms with E-state index in [1.807, 2.05) is 12.3 Å². The van der Waals surface area contributed by atoms with Crippen molar-refractivity contribution in [1.82, 2.24) is 15.2 Å². The van der Waals surface area contributed by atoms with Crippen molar-refractivity contribution in [3.8, 4) is 0 Å². The molecular weight excluding hydrogens is 330 g/mol. The fourth-order valence-electron chi connectivity index (χ4n) is 3.65. The first-order valence-electron chi connectivity index (χ1n) is 9.22. The van der Waals surface area contributed by atoms with Crippen LogP contribution in [0.5, 0.6) is 0 Å². The summed E-state index contributed by atoms with van der Waals surface area (Å²) >= 11 is 0. The fraction of sp³-hybridized carbons (Fsp3) is 0.476. The average molecular weight is 360 g/mol. The number of hydrogen-bond acceptors (Lipinski definition) is 3. The first-order chi connectivity index (χ1) is 11.8. The smallest absolute Gasteiger partial charge is 0.0544 e. The molecule has 1 aromatic heterocycles. The highest BCUT2D eigenvalue weighted by Gasteiger charge is 2.22. The molecule has 1 saturated heterocycles. The summed E-state index contributed by atoms with van der Waals surface area (Å²) in [6.07, 6.45) is 5.68. The van der Waals surface area contributed by atoms with E-state index in [2.05, 4.69) is 64.6 Å². The van der Waals surface area contributed by atoms with Crippen LogP contribution in [-0.4, -0.2) is 35.6 Å². The quantitative estimate of drug-likeness (QED) is 0.835. The third-order valence-electron chi connectivity index (χ3n) is 5.03. The zero-order chi connectivity index (χ0) is 16.6. The van der Waals surface area contributed by atoms with Gasteiger partial charge in [-0.3, -0.25) is 9.88 Å². The molecule has 1 aliphatic heterocycles. The van der Waals surface area contributed by atoms with Gasteiger partial charge < -0.3 is 5.32 Å². The van der Waals surface area contributed by atoms with E-state index in [-0.39, 0.29) is 12.4 Å². The summed E-state index contributed by atoms with van der Waals surface area (Å²) in [7, 11) is 0. The summed E-state index contributed by atoms with van der Waals surface area (Å²) in [4.78, 5) is 7.22. The van der Waals surface area contributed by atoms with Crippen LogP contribution in [0.2, 0.25) is 0 Å². The Labute approximate surface area is 158 Å². The van der Waals surface area contributed by atoms with Crippen molar-refractivity contribution in [2.45, 2.75) is 44.7 Å². The second kappa shape index (κ2) is 10.5. The minimum atomic E-state index is 0. The van der Waals surface area contributed by atoms with Gasteiger partial charge in [0.15, 0.2) is 0 Å². The molecule has 136 valence electrons. The maximum Gasteiger partial charge on any atom is 0.0544 e. The highest BCUT2D eigenvalue weighted by atomic mass is 35.5. The van der Waals surface area contributed by atoms with Gasteiger partial charge in [-0.15, -0.1) is 12.4 Å². The molecule has 4 heteroatoms. The molecule has 1 N–H and O–H groups in total. The molecule has 2 unspecified atom stereocenters. The van der Waals surface area contributed by atoms with Crippen LogP contribution in [0.25, 0.3) is 0 Å². The second-order valence-corrected chi connectivity index (χ2v) is 6.90. The predicted molar refractivity (Wildman–Crippen MR) is 107 cm³/mol. The number of aromatic nitrogens is 1. The van der Waals surface area contributed by atoms with Crippen LogP contribution in [0.3, 0.4) is 0 Å². The Bertz CT molecular complexity index is 583. The van der Waals surface area contributed by atoms with Crippen LogP contribution in [0.1, 0.15) is 43.4 Å². The molecule has 2 aromatic rings. The number of rotatable bonds is 6. The van der Waals surface area contributed by atoms with Gasteiger partial charge in [0, 0.05) is 25.3 Å². The fourth-order valence-corrected chi connectivity index (χ4v) is 3.65. The number of hydrogen-bond donors (Lipinski definition) is 1. The number of nitrogens with zero attached hydrogens (tertiary/aromatic N) is 2. The van der Waals surface area contributed by atoms with Gasteiger partial charge in [0.1, 0.15) is 0 Å². The van der Waals surface area contributed by atoms with Gasteiger partial charge in [-0.1, -0.05) is 43.3 Å². The molecule has 1 aliphatic rings. The lowest BCUT2D eigenvalue weighted by molar-refractivity contribution is 0.162. The lowest BCUT2D eigenvalue weighted by Gasteiger charge is -2.33. The molecule has 0 aliphatic carbocycles. The standard InChI is InChI=1S/C21H29N3.ClH/c1-18(19-8-3-2-4-9-19)16-24(17-20-10-5-6-14-23-20)21-11-7-13-22-15-12-21;/h2-6,8-10,14,18,21-22H,7,11-13,15-17H2,1H3;1H. The Morgan fingerprint density at radius 2 is 1.88 bits per heavy atom. The molecule has 1 fully saturated rings. The van der Waals surface area contributed by atoms with Crippen LogP contribution < -0.4 is 5.32 Å². The van der Waals surface area contributed by atoms with Gasteiger partial charge in [0.25, 0.3) is 0 Å². The first kappa shape index (κ1) is 19.9. The van der Waals surface area contributed by atoms with E-state index in [0.29, 0.717) is 12.0 Å². The van der Waals surface area contributed by atoms with Gasteiger partial charge in [-0.25, -0.2) is 0 Å². The third-order valence-corrected chi connectivity index (χ3v) is 5.03. The van der Waals surface area contributed by atoms with Crippen molar-refractivity contribution in [2.75, 3.05) is 19.6 Å². The average Bonchev–Trinajstić information content (AvgIpc) is 2.92. The van der Waals surface area contributed by atoms with E-state index in [4.69, 9.17) is 0 Å². The van der Waals surface area contributed by atoms with Crippen molar-refractivity contribution in [3.05, 3.63) is 66.0 Å². The van der Waals surface area contributed by atoms with E-state index in [0.717, 1.165) is 26.2 Å². The number of pyridine rings is 1. The molecule has 3 rings (SSSR count). The Kier molecular flexibility index (Phi) is 8.39. The van der Waals surface area contributed by atoms with Crippen LogP contribution >= 0.6 is 12.4 Å². The van der Waals surface area contributed by atoms with E-state index < -0.39 is 0 Å². The summed E-state index contributed by atoms with van der Waals surface area (Å²) in [5.41, 5.74) is 2.60. The molecule has 0 bridgehead atoms. The van der Waals surface area contributed by atoms with E-state index in [9.17, 15) is 0 Å². The molecule has 3 nitrogen and oxygen atoms in total. The SMILES string of the molecule is CC(CN(Cc1ccccn1)C1CCCNCC1)c1ccccc1.Cl. The normalized spacial score (nSPS) is 19.0. The van der Waals surface area contributed by atoms with Crippen LogP contribution in [0.15, 0.2) is 54.7 Å². The van der Waals surface area contributed by atoms with Crippen LogP contribution in [-0.2, 0) is 6.54 Å². The minimum absolute atomic E-state index is 0. The van der Waals surface area contributed by atoms with Crippen LogP contribution in [0.4, 0.5) is 0 Å². The monoisotopic (exact) mass is 359 g/mol. The molecule has 0 amide bonds. The largest absolute Gasteiger partial charge is 0.317 e. The Hall–Kier alpha value is -1.42. The van der Waals surface area contributed by atoms with Gasteiger partial charge in [-0.2, -0.15) is 0 Å². The molecular formula is C21H30ClN3. The molecule has 1 aromatic carbocycles. The molecule has 2 atom stereocenters. The number of benzene rings is 1. The molecule has 2 heterocycles. The summed E-state index contributed by atoms with van der Waals surface area (Å²) < 4.78 is 0. The van der Waals surface area contributed by atoms with Gasteiger partial charge in [-0.05, 0) is 56.0 Å². The first-order valence-corrected chi connectivity index (χ1v) is 9.22. The van der Waals surface area contributed by atoms with Crippen molar-refractivity contribution in [3.63, 3.8) is 0 Å². The zero-order valence-electron chi connectivity index (χ0n) is 15.1. The minimum Gasteiger partial charge on any atom is -0.317 e. The van der Waals surface area contributed by atoms with E-state index in [1.54, 1.807) is 0 Å². The molecule has 25 heavy (non-hydrogen) atoms. The molecule has 0 spiro atoms. The lowest BCUT2D eigenvalue weighted by Crippen LogP contribution is -2.38. The maximum absolute atomic E-state index is 4.56. The maximum atomic E-state index is 4.56. The van der Waals surface area contributed by atoms with Crippen molar-refractivity contribution >= 4 is 12.4 Å². The summed E-state index contributed by atoms with van der Waals surface area (Å²) in [6, 6.07) is 17.8. The van der Waals surface area contributed by atoms with Gasteiger partial charge in [0.2, 0.25) is 0 Å². The van der Waals surface area contributed by atoms with Crippen molar-refractivity contribution in [1.29, 1.82) is 0 Å². The summed E-state index contributed by atoms with van der Waals surface area (Å²) in [5.74, 6) is 0.533. The summed E-state index contributed by atoms with van der Waals surface area (Å²) in [5, 5.41) is 3.54. The zero-order valence-corrected chi connectivity index (χ0v) is 15.9. The van der Waals surface area contributed by atoms with Gasteiger partial charge in [0.05, 0.1) is 5.69 Å². The van der Waals surface area contributed by atoms with Crippen molar-refractivity contribution in [2.24, 2.45) is 0 Å². The Morgan fingerprint density at radius 1 is 1.08 bits per heavy atom. The predicted octanol–water partition coefficient (Wildman–Crippen LogP) is 4.25. The topological polar surface area (TPSA) is 28.2 Å². The Balaban J connectivity index is 0.00000225.